The monoisotopic (exact) mass is 291 g/mol. The molecule has 0 radical (unpaired) electrons. The van der Waals surface area contributed by atoms with Crippen LogP contribution in [0, 0.1) is 17.0 Å². The lowest BCUT2D eigenvalue weighted by Crippen LogP contribution is -2.07. The largest absolute Gasteiger partial charge is 0.455 e. The summed E-state index contributed by atoms with van der Waals surface area (Å²) in [7, 11) is 1.56. The molecule has 0 aliphatic rings. The van der Waals surface area contributed by atoms with E-state index in [9.17, 15) is 14.9 Å². The van der Waals surface area contributed by atoms with Crippen molar-refractivity contribution in [1.82, 2.24) is 5.16 Å². The van der Waals surface area contributed by atoms with Crippen molar-refractivity contribution in [3.8, 4) is 0 Å². The number of anilines is 1. The Kier molecular flexibility index (Phi) is 4.17. The number of esters is 1. The maximum absolute atomic E-state index is 11.9. The zero-order valence-corrected chi connectivity index (χ0v) is 11.5. The molecule has 1 heterocycles. The van der Waals surface area contributed by atoms with Gasteiger partial charge in [0.1, 0.15) is 23.7 Å². The SMILES string of the molecule is CNc1ccc(C(=O)OCc2cc(C)on2)cc1[N+](=O)[O-]. The van der Waals surface area contributed by atoms with Gasteiger partial charge < -0.3 is 14.6 Å². The van der Waals surface area contributed by atoms with Crippen LogP contribution in [-0.4, -0.2) is 23.1 Å². The lowest BCUT2D eigenvalue weighted by atomic mass is 10.1. The first kappa shape index (κ1) is 14.5. The van der Waals surface area contributed by atoms with Gasteiger partial charge in [-0.1, -0.05) is 5.16 Å². The van der Waals surface area contributed by atoms with Gasteiger partial charge in [0, 0.05) is 19.2 Å². The molecule has 0 amide bonds. The van der Waals surface area contributed by atoms with Gasteiger partial charge in [0.15, 0.2) is 0 Å². The van der Waals surface area contributed by atoms with Gasteiger partial charge in [0.2, 0.25) is 0 Å². The molecule has 0 unspecified atom stereocenters. The predicted octanol–water partition coefficient (Wildman–Crippen LogP) is 2.29. The van der Waals surface area contributed by atoms with Crippen LogP contribution in [-0.2, 0) is 11.3 Å². The lowest BCUT2D eigenvalue weighted by molar-refractivity contribution is -0.384. The fourth-order valence-electron chi connectivity index (χ4n) is 1.73. The second-order valence-corrected chi connectivity index (χ2v) is 4.24. The average molecular weight is 291 g/mol. The number of carbonyl (C=O) groups is 1. The highest BCUT2D eigenvalue weighted by Crippen LogP contribution is 2.25. The van der Waals surface area contributed by atoms with Gasteiger partial charge in [-0.2, -0.15) is 0 Å². The number of nitrogens with one attached hydrogen (secondary N) is 1. The third-order valence-electron chi connectivity index (χ3n) is 2.73. The Morgan fingerprint density at radius 3 is 2.81 bits per heavy atom. The van der Waals surface area contributed by atoms with Gasteiger partial charge in [0.05, 0.1) is 10.5 Å². The molecule has 0 atom stereocenters. The minimum absolute atomic E-state index is 0.0578. The molecular weight excluding hydrogens is 278 g/mol. The smallest absolute Gasteiger partial charge is 0.338 e. The summed E-state index contributed by atoms with van der Waals surface area (Å²) >= 11 is 0. The summed E-state index contributed by atoms with van der Waals surface area (Å²) in [5.74, 6) is -0.0588. The molecule has 1 aromatic carbocycles. The van der Waals surface area contributed by atoms with Crippen molar-refractivity contribution in [2.75, 3.05) is 12.4 Å². The summed E-state index contributed by atoms with van der Waals surface area (Å²) in [5, 5.41) is 17.3. The van der Waals surface area contributed by atoms with Gasteiger partial charge in [-0.3, -0.25) is 10.1 Å². The standard InChI is InChI=1S/C13H13N3O5/c1-8-5-10(15-21-8)7-20-13(17)9-3-4-11(14-2)12(6-9)16(18)19/h3-6,14H,7H2,1-2H3. The zero-order chi connectivity index (χ0) is 15.4. The molecule has 0 saturated carbocycles. The lowest BCUT2D eigenvalue weighted by Gasteiger charge is -2.05. The van der Waals surface area contributed by atoms with E-state index in [2.05, 4.69) is 10.5 Å². The van der Waals surface area contributed by atoms with Crippen LogP contribution in [0.15, 0.2) is 28.8 Å². The number of hydrogen-bond acceptors (Lipinski definition) is 7. The second kappa shape index (κ2) is 6.04. The van der Waals surface area contributed by atoms with E-state index in [1.807, 2.05) is 0 Å². The van der Waals surface area contributed by atoms with Crippen LogP contribution in [0.25, 0.3) is 0 Å². The topological polar surface area (TPSA) is 108 Å². The molecule has 0 aliphatic carbocycles. The van der Waals surface area contributed by atoms with E-state index < -0.39 is 10.9 Å². The summed E-state index contributed by atoms with van der Waals surface area (Å²) in [5.41, 5.74) is 0.705. The molecule has 21 heavy (non-hydrogen) atoms. The molecule has 0 fully saturated rings. The Morgan fingerprint density at radius 2 is 2.24 bits per heavy atom. The minimum Gasteiger partial charge on any atom is -0.455 e. The Bertz CT molecular complexity index is 680. The quantitative estimate of drug-likeness (QED) is 0.511. The normalized spacial score (nSPS) is 10.2. The van der Waals surface area contributed by atoms with Crippen LogP contribution in [0.1, 0.15) is 21.8 Å². The van der Waals surface area contributed by atoms with Crippen molar-refractivity contribution in [2.45, 2.75) is 13.5 Å². The van der Waals surface area contributed by atoms with Crippen molar-refractivity contribution in [2.24, 2.45) is 0 Å². The highest BCUT2D eigenvalue weighted by Gasteiger charge is 2.18. The molecule has 8 nitrogen and oxygen atoms in total. The third kappa shape index (κ3) is 3.35. The molecule has 110 valence electrons. The fourth-order valence-corrected chi connectivity index (χ4v) is 1.73. The molecule has 1 aromatic heterocycles. The van der Waals surface area contributed by atoms with Crippen molar-refractivity contribution in [3.05, 3.63) is 51.4 Å². The number of rotatable bonds is 5. The second-order valence-electron chi connectivity index (χ2n) is 4.24. The number of aromatic nitrogens is 1. The molecule has 1 N–H and O–H groups in total. The number of ether oxygens (including phenoxy) is 1. The van der Waals surface area contributed by atoms with Crippen molar-refractivity contribution in [3.63, 3.8) is 0 Å². The third-order valence-corrected chi connectivity index (χ3v) is 2.73. The molecule has 0 saturated heterocycles. The number of nitrogens with zero attached hydrogens (tertiary/aromatic N) is 2. The number of nitro benzene ring substituents is 1. The summed E-state index contributed by atoms with van der Waals surface area (Å²) in [4.78, 5) is 22.2. The number of benzene rings is 1. The van der Waals surface area contributed by atoms with Crippen LogP contribution in [0.2, 0.25) is 0 Å². The Balaban J connectivity index is 2.12. The first-order valence-electron chi connectivity index (χ1n) is 6.06. The van der Waals surface area contributed by atoms with Gasteiger partial charge in [-0.25, -0.2) is 4.79 Å². The molecule has 0 bridgehead atoms. The predicted molar refractivity (Wildman–Crippen MR) is 73.0 cm³/mol. The molecule has 0 aliphatic heterocycles. The van der Waals surface area contributed by atoms with E-state index in [1.165, 1.54) is 18.2 Å². The van der Waals surface area contributed by atoms with Crippen LogP contribution in [0.4, 0.5) is 11.4 Å². The van der Waals surface area contributed by atoms with Crippen molar-refractivity contribution < 1.29 is 19.0 Å². The van der Waals surface area contributed by atoms with Crippen molar-refractivity contribution >= 4 is 17.3 Å². The Labute approximate surface area is 119 Å². The van der Waals surface area contributed by atoms with E-state index in [4.69, 9.17) is 9.26 Å². The van der Waals surface area contributed by atoms with E-state index in [0.717, 1.165) is 0 Å². The van der Waals surface area contributed by atoms with Gasteiger partial charge >= 0.3 is 5.97 Å². The van der Waals surface area contributed by atoms with E-state index in [-0.39, 0.29) is 17.9 Å². The summed E-state index contributed by atoms with van der Waals surface area (Å²) < 4.78 is 9.88. The highest BCUT2D eigenvalue weighted by molar-refractivity contribution is 5.91. The van der Waals surface area contributed by atoms with Gasteiger partial charge in [0.25, 0.3) is 5.69 Å². The first-order valence-corrected chi connectivity index (χ1v) is 6.06. The molecule has 2 aromatic rings. The Hall–Kier alpha value is -2.90. The molecule has 8 heteroatoms. The molecule has 0 spiro atoms. The number of hydrogen-bond donors (Lipinski definition) is 1. The van der Waals surface area contributed by atoms with E-state index >= 15 is 0 Å². The highest BCUT2D eigenvalue weighted by atomic mass is 16.6. The van der Waals surface area contributed by atoms with Gasteiger partial charge in [-0.15, -0.1) is 0 Å². The molecular formula is C13H13N3O5. The fraction of sp³-hybridized carbons (Fsp3) is 0.231. The minimum atomic E-state index is -0.665. The summed E-state index contributed by atoms with van der Waals surface area (Å²) in [6.45, 7) is 1.66. The van der Waals surface area contributed by atoms with Crippen LogP contribution in [0.5, 0.6) is 0 Å². The van der Waals surface area contributed by atoms with Crippen LogP contribution >= 0.6 is 0 Å². The Morgan fingerprint density at radius 1 is 1.48 bits per heavy atom. The number of nitro groups is 1. The maximum atomic E-state index is 11.9. The number of carbonyl (C=O) groups excluding carboxylic acids is 1. The van der Waals surface area contributed by atoms with Crippen molar-refractivity contribution in [1.29, 1.82) is 0 Å². The average Bonchev–Trinajstić information content (AvgIpc) is 2.89. The van der Waals surface area contributed by atoms with Crippen LogP contribution in [0.3, 0.4) is 0 Å². The van der Waals surface area contributed by atoms with Gasteiger partial charge in [-0.05, 0) is 19.1 Å². The van der Waals surface area contributed by atoms with E-state index in [1.54, 1.807) is 20.0 Å². The van der Waals surface area contributed by atoms with Crippen LogP contribution < -0.4 is 5.32 Å². The summed E-state index contributed by atoms with van der Waals surface area (Å²) in [6.07, 6.45) is 0. The van der Waals surface area contributed by atoms with E-state index in [0.29, 0.717) is 17.1 Å². The maximum Gasteiger partial charge on any atom is 0.338 e. The number of aryl methyl sites for hydroxylation is 1. The zero-order valence-electron chi connectivity index (χ0n) is 11.5. The first-order chi connectivity index (χ1) is 10.0. The summed E-state index contributed by atoms with van der Waals surface area (Å²) in [6, 6.07) is 5.71. The molecule has 2 rings (SSSR count).